The van der Waals surface area contributed by atoms with Crippen LogP contribution in [0.1, 0.15) is 13.8 Å². The lowest BCUT2D eigenvalue weighted by Gasteiger charge is -2.20. The molecule has 0 aliphatic heterocycles. The fourth-order valence-electron chi connectivity index (χ4n) is 1.75. The molecule has 126 valence electrons. The summed E-state index contributed by atoms with van der Waals surface area (Å²) in [4.78, 5) is 4.13. The van der Waals surface area contributed by atoms with Crippen molar-refractivity contribution < 1.29 is 13.9 Å². The largest absolute Gasteiger partial charge is 0.489 e. The van der Waals surface area contributed by atoms with E-state index in [2.05, 4.69) is 15.6 Å². The van der Waals surface area contributed by atoms with Crippen LogP contribution in [-0.4, -0.2) is 45.4 Å². The Balaban J connectivity index is 0.00000441. The maximum Gasteiger partial charge on any atom is 0.191 e. The van der Waals surface area contributed by atoms with Gasteiger partial charge in [-0.1, -0.05) is 0 Å². The Kier molecular flexibility index (Phi) is 10.9. The number of halogens is 2. The van der Waals surface area contributed by atoms with Crippen molar-refractivity contribution in [3.8, 4) is 5.75 Å². The highest BCUT2D eigenvalue weighted by Crippen LogP contribution is 2.12. The average molecular weight is 425 g/mol. The van der Waals surface area contributed by atoms with Gasteiger partial charge in [-0.25, -0.2) is 4.39 Å². The molecule has 0 fully saturated rings. The average Bonchev–Trinajstić information content (AvgIpc) is 2.46. The Morgan fingerprint density at radius 1 is 1.27 bits per heavy atom. The molecule has 5 nitrogen and oxygen atoms in total. The third-order valence-corrected chi connectivity index (χ3v) is 2.73. The van der Waals surface area contributed by atoms with Gasteiger partial charge in [-0.2, -0.15) is 0 Å². The summed E-state index contributed by atoms with van der Waals surface area (Å²) in [5.41, 5.74) is 0. The molecule has 2 unspecified atom stereocenters. The number of aliphatic imine (C=N–C) groups is 1. The first-order valence-corrected chi connectivity index (χ1v) is 6.93. The lowest BCUT2D eigenvalue weighted by Crippen LogP contribution is -2.46. The first-order chi connectivity index (χ1) is 10.0. The highest BCUT2D eigenvalue weighted by Gasteiger charge is 2.08. The maximum absolute atomic E-state index is 12.8. The molecule has 1 rings (SSSR count). The van der Waals surface area contributed by atoms with Crippen LogP contribution < -0.4 is 15.4 Å². The smallest absolute Gasteiger partial charge is 0.191 e. The summed E-state index contributed by atoms with van der Waals surface area (Å²) in [5, 5.41) is 6.38. The SMILES string of the molecule is CN=C(NCC(C)Oc1ccc(F)cc1)NC(C)COC.I. The molecule has 0 bridgehead atoms. The molecule has 1 aromatic carbocycles. The van der Waals surface area contributed by atoms with Crippen LogP contribution in [0.5, 0.6) is 5.75 Å². The maximum atomic E-state index is 12.8. The standard InChI is InChI=1S/C15H24FN3O2.HI/c1-11(10-20-4)19-15(17-3)18-9-12(2)21-14-7-5-13(16)6-8-14;/h5-8,11-12H,9-10H2,1-4H3,(H2,17,18,19);1H. The zero-order chi connectivity index (χ0) is 15.7. The fraction of sp³-hybridized carbons (Fsp3) is 0.533. The van der Waals surface area contributed by atoms with Crippen LogP contribution in [0.2, 0.25) is 0 Å². The van der Waals surface area contributed by atoms with Crippen molar-refractivity contribution >= 4 is 29.9 Å². The lowest BCUT2D eigenvalue weighted by molar-refractivity contribution is 0.178. The molecule has 0 saturated carbocycles. The lowest BCUT2D eigenvalue weighted by atomic mass is 10.3. The molecule has 2 atom stereocenters. The molecule has 0 aliphatic carbocycles. The van der Waals surface area contributed by atoms with Crippen LogP contribution in [0.15, 0.2) is 29.3 Å². The van der Waals surface area contributed by atoms with Crippen molar-refractivity contribution in [3.05, 3.63) is 30.1 Å². The summed E-state index contributed by atoms with van der Waals surface area (Å²) >= 11 is 0. The minimum absolute atomic E-state index is 0. The summed E-state index contributed by atoms with van der Waals surface area (Å²) in [7, 11) is 3.37. The minimum Gasteiger partial charge on any atom is -0.489 e. The van der Waals surface area contributed by atoms with Crippen LogP contribution in [0, 0.1) is 5.82 Å². The number of nitrogens with zero attached hydrogens (tertiary/aromatic N) is 1. The number of guanidine groups is 1. The molecule has 22 heavy (non-hydrogen) atoms. The van der Waals surface area contributed by atoms with E-state index < -0.39 is 0 Å². The van der Waals surface area contributed by atoms with E-state index in [4.69, 9.17) is 9.47 Å². The number of hydrogen-bond donors (Lipinski definition) is 2. The number of methoxy groups -OCH3 is 1. The van der Waals surface area contributed by atoms with Gasteiger partial charge in [0.2, 0.25) is 0 Å². The molecule has 2 N–H and O–H groups in total. The van der Waals surface area contributed by atoms with Gasteiger partial charge in [0, 0.05) is 20.2 Å². The Bertz CT molecular complexity index is 443. The minimum atomic E-state index is -0.273. The van der Waals surface area contributed by atoms with E-state index in [9.17, 15) is 4.39 Å². The highest BCUT2D eigenvalue weighted by atomic mass is 127. The third kappa shape index (κ3) is 8.38. The van der Waals surface area contributed by atoms with Crippen molar-refractivity contribution in [2.45, 2.75) is 26.0 Å². The number of ether oxygens (including phenoxy) is 2. The Hall–Kier alpha value is -1.09. The summed E-state index contributed by atoms with van der Waals surface area (Å²) in [5.74, 6) is 1.06. The molecular weight excluding hydrogens is 400 g/mol. The monoisotopic (exact) mass is 425 g/mol. The first kappa shape index (κ1) is 20.9. The van der Waals surface area contributed by atoms with Crippen LogP contribution in [-0.2, 0) is 4.74 Å². The number of benzene rings is 1. The second kappa shape index (κ2) is 11.5. The van der Waals surface area contributed by atoms with Crippen molar-refractivity contribution in [2.75, 3.05) is 27.3 Å². The molecule has 0 radical (unpaired) electrons. The molecule has 0 amide bonds. The summed E-state index contributed by atoms with van der Waals surface area (Å²) < 4.78 is 23.5. The van der Waals surface area contributed by atoms with E-state index in [0.717, 1.165) is 0 Å². The van der Waals surface area contributed by atoms with Crippen LogP contribution in [0.3, 0.4) is 0 Å². The van der Waals surface area contributed by atoms with Crippen LogP contribution in [0.25, 0.3) is 0 Å². The molecule has 0 aliphatic rings. The normalized spacial score (nSPS) is 13.8. The van der Waals surface area contributed by atoms with Gasteiger partial charge in [0.15, 0.2) is 5.96 Å². The Labute approximate surface area is 148 Å². The molecule has 7 heteroatoms. The van der Waals surface area contributed by atoms with Crippen molar-refractivity contribution in [3.63, 3.8) is 0 Å². The third-order valence-electron chi connectivity index (χ3n) is 2.73. The quantitative estimate of drug-likeness (QED) is 0.400. The summed E-state index contributed by atoms with van der Waals surface area (Å²) in [6, 6.07) is 6.14. The van der Waals surface area contributed by atoms with E-state index in [1.54, 1.807) is 26.3 Å². The van der Waals surface area contributed by atoms with Gasteiger partial charge in [-0.05, 0) is 38.1 Å². The number of rotatable bonds is 7. The first-order valence-electron chi connectivity index (χ1n) is 6.93. The van der Waals surface area contributed by atoms with E-state index in [-0.39, 0.29) is 41.9 Å². The zero-order valence-corrected chi connectivity index (χ0v) is 15.8. The predicted octanol–water partition coefficient (Wildman–Crippen LogP) is 2.41. The van der Waals surface area contributed by atoms with Gasteiger partial charge in [0.25, 0.3) is 0 Å². The van der Waals surface area contributed by atoms with Gasteiger partial charge in [0.05, 0.1) is 13.2 Å². The van der Waals surface area contributed by atoms with Crippen molar-refractivity contribution in [2.24, 2.45) is 4.99 Å². The highest BCUT2D eigenvalue weighted by molar-refractivity contribution is 14.0. The Morgan fingerprint density at radius 3 is 2.45 bits per heavy atom. The summed E-state index contributed by atoms with van der Waals surface area (Å²) in [6.07, 6.45) is -0.0771. The van der Waals surface area contributed by atoms with E-state index in [1.165, 1.54) is 12.1 Å². The molecule has 0 spiro atoms. The Morgan fingerprint density at radius 2 is 1.91 bits per heavy atom. The van der Waals surface area contributed by atoms with Gasteiger partial charge in [-0.15, -0.1) is 24.0 Å². The second-order valence-corrected chi connectivity index (χ2v) is 4.84. The van der Waals surface area contributed by atoms with Gasteiger partial charge >= 0.3 is 0 Å². The number of nitrogens with one attached hydrogen (secondary N) is 2. The second-order valence-electron chi connectivity index (χ2n) is 4.84. The van der Waals surface area contributed by atoms with Crippen molar-refractivity contribution in [1.29, 1.82) is 0 Å². The molecule has 0 saturated heterocycles. The molecule has 1 aromatic rings. The van der Waals surface area contributed by atoms with E-state index >= 15 is 0 Å². The summed E-state index contributed by atoms with van der Waals surface area (Å²) in [6.45, 7) is 5.12. The zero-order valence-electron chi connectivity index (χ0n) is 13.4. The fourth-order valence-corrected chi connectivity index (χ4v) is 1.75. The molecule has 0 heterocycles. The van der Waals surface area contributed by atoms with Crippen molar-refractivity contribution in [1.82, 2.24) is 10.6 Å². The van der Waals surface area contributed by atoms with Gasteiger partial charge in [-0.3, -0.25) is 4.99 Å². The van der Waals surface area contributed by atoms with Crippen LogP contribution >= 0.6 is 24.0 Å². The van der Waals surface area contributed by atoms with Gasteiger partial charge in [0.1, 0.15) is 17.7 Å². The van der Waals surface area contributed by atoms with E-state index in [0.29, 0.717) is 24.9 Å². The topological polar surface area (TPSA) is 54.9 Å². The van der Waals surface area contributed by atoms with Gasteiger partial charge < -0.3 is 20.1 Å². The molecular formula is C15H25FIN3O2. The molecule has 0 aromatic heterocycles. The van der Waals surface area contributed by atoms with E-state index in [1.807, 2.05) is 13.8 Å². The predicted molar refractivity (Wildman–Crippen MR) is 97.7 cm³/mol. The van der Waals surface area contributed by atoms with Crippen LogP contribution in [0.4, 0.5) is 4.39 Å². The number of hydrogen-bond acceptors (Lipinski definition) is 3.